The van der Waals surface area contributed by atoms with Crippen LogP contribution < -0.4 is 10.6 Å². The smallest absolute Gasteiger partial charge is 0.209 e. The van der Waals surface area contributed by atoms with Crippen LogP contribution in [0, 0.1) is 15.0 Å². The molecule has 0 heterocycles. The molecule has 4 nitrogen and oxygen atoms in total. The van der Waals surface area contributed by atoms with Crippen molar-refractivity contribution in [1.29, 1.82) is 5.26 Å². The monoisotopic (exact) mass is 342 g/mol. The second kappa shape index (κ2) is 5.87. The Balaban J connectivity index is 2.89. The second-order valence-corrected chi connectivity index (χ2v) is 5.75. The third kappa shape index (κ3) is 5.54. The van der Waals surface area contributed by atoms with E-state index in [1.54, 1.807) is 0 Å². The first-order valence-corrected chi connectivity index (χ1v) is 6.26. The molecule has 0 spiro atoms. The molecule has 0 unspecified atom stereocenters. The van der Waals surface area contributed by atoms with E-state index in [4.69, 9.17) is 5.26 Å². The van der Waals surface area contributed by atoms with Crippen LogP contribution in [-0.4, -0.2) is 11.5 Å². The van der Waals surface area contributed by atoms with Gasteiger partial charge in [-0.15, -0.1) is 0 Å². The number of nitrogens with zero attached hydrogens (tertiary/aromatic N) is 2. The van der Waals surface area contributed by atoms with Crippen molar-refractivity contribution in [3.8, 4) is 6.19 Å². The van der Waals surface area contributed by atoms with Crippen LogP contribution in [-0.2, 0) is 0 Å². The molecule has 90 valence electrons. The van der Waals surface area contributed by atoms with E-state index in [9.17, 15) is 0 Å². The lowest BCUT2D eigenvalue weighted by Gasteiger charge is -2.16. The van der Waals surface area contributed by atoms with Gasteiger partial charge in [-0.3, -0.25) is 5.32 Å². The molecular weight excluding hydrogens is 327 g/mol. The van der Waals surface area contributed by atoms with Gasteiger partial charge < -0.3 is 5.32 Å². The van der Waals surface area contributed by atoms with Crippen molar-refractivity contribution in [2.75, 3.05) is 5.32 Å². The Morgan fingerprint density at radius 3 is 2.65 bits per heavy atom. The zero-order chi connectivity index (χ0) is 12.9. The van der Waals surface area contributed by atoms with Crippen molar-refractivity contribution >= 4 is 34.2 Å². The van der Waals surface area contributed by atoms with Crippen molar-refractivity contribution in [3.05, 3.63) is 27.8 Å². The zero-order valence-electron chi connectivity index (χ0n) is 10.1. The lowest BCUT2D eigenvalue weighted by atomic mass is 10.1. The summed E-state index contributed by atoms with van der Waals surface area (Å²) >= 11 is 2.24. The van der Waals surface area contributed by atoms with Gasteiger partial charge in [0.1, 0.15) is 0 Å². The van der Waals surface area contributed by atoms with Crippen molar-refractivity contribution in [3.63, 3.8) is 0 Å². The molecule has 0 radical (unpaired) electrons. The van der Waals surface area contributed by atoms with Gasteiger partial charge in [0.25, 0.3) is 0 Å². The number of hydrogen-bond acceptors (Lipinski definition) is 2. The molecule has 0 aliphatic rings. The molecule has 1 rings (SSSR count). The van der Waals surface area contributed by atoms with E-state index in [0.29, 0.717) is 5.96 Å². The molecule has 17 heavy (non-hydrogen) atoms. The van der Waals surface area contributed by atoms with Gasteiger partial charge in [-0.25, -0.2) is 4.99 Å². The summed E-state index contributed by atoms with van der Waals surface area (Å²) < 4.78 is 1.12. The first kappa shape index (κ1) is 13.8. The van der Waals surface area contributed by atoms with E-state index in [0.717, 1.165) is 9.26 Å². The second-order valence-electron chi connectivity index (χ2n) is 4.50. The molecule has 1 aromatic carbocycles. The summed E-state index contributed by atoms with van der Waals surface area (Å²) in [5.74, 6) is 0.460. The van der Waals surface area contributed by atoms with Crippen molar-refractivity contribution in [1.82, 2.24) is 5.32 Å². The molecule has 0 amide bonds. The van der Waals surface area contributed by atoms with Gasteiger partial charge in [0.2, 0.25) is 5.96 Å². The molecule has 0 atom stereocenters. The third-order valence-electron chi connectivity index (χ3n) is 1.71. The molecule has 0 saturated carbocycles. The number of anilines is 1. The standard InChI is InChI=1S/C12H15IN4/c1-12(2,3)17-11(15-8-14)16-10-6-4-5-9(13)7-10/h4-7H,1-3H3,(H2,15,16,17). The van der Waals surface area contributed by atoms with Gasteiger partial charge in [-0.2, -0.15) is 5.26 Å². The summed E-state index contributed by atoms with van der Waals surface area (Å²) in [6, 6.07) is 7.87. The highest BCUT2D eigenvalue weighted by Crippen LogP contribution is 2.13. The Labute approximate surface area is 115 Å². The van der Waals surface area contributed by atoms with E-state index in [-0.39, 0.29) is 5.54 Å². The van der Waals surface area contributed by atoms with Crippen LogP contribution in [0.15, 0.2) is 29.3 Å². The van der Waals surface area contributed by atoms with Gasteiger partial charge in [0, 0.05) is 9.26 Å². The summed E-state index contributed by atoms with van der Waals surface area (Å²) in [5, 5.41) is 14.3. The normalized spacial score (nSPS) is 11.8. The number of nitrogens with one attached hydrogen (secondary N) is 2. The fourth-order valence-corrected chi connectivity index (χ4v) is 1.72. The minimum absolute atomic E-state index is 0.242. The Morgan fingerprint density at radius 2 is 2.12 bits per heavy atom. The Morgan fingerprint density at radius 1 is 1.41 bits per heavy atom. The molecule has 1 aromatic rings. The molecule has 2 N–H and O–H groups in total. The number of guanidine groups is 1. The molecule has 0 fully saturated rings. The highest BCUT2D eigenvalue weighted by molar-refractivity contribution is 14.1. The molecular formula is C12H15IN4. The third-order valence-corrected chi connectivity index (χ3v) is 2.38. The van der Waals surface area contributed by atoms with Crippen LogP contribution in [0.5, 0.6) is 0 Å². The fourth-order valence-electron chi connectivity index (χ4n) is 1.18. The zero-order valence-corrected chi connectivity index (χ0v) is 12.2. The highest BCUT2D eigenvalue weighted by atomic mass is 127. The molecule has 0 aromatic heterocycles. The SMILES string of the molecule is CC(C)(C)N=C(NC#N)Nc1cccc(I)c1. The summed E-state index contributed by atoms with van der Waals surface area (Å²) in [4.78, 5) is 4.39. The van der Waals surface area contributed by atoms with Crippen molar-refractivity contribution in [2.24, 2.45) is 4.99 Å². The maximum absolute atomic E-state index is 8.68. The Kier molecular flexibility index (Phi) is 4.75. The molecule has 0 saturated heterocycles. The summed E-state index contributed by atoms with van der Waals surface area (Å²) in [6.07, 6.45) is 1.88. The predicted molar refractivity (Wildman–Crippen MR) is 78.7 cm³/mol. The maximum Gasteiger partial charge on any atom is 0.209 e. The minimum atomic E-state index is -0.242. The van der Waals surface area contributed by atoms with Crippen LogP contribution in [0.3, 0.4) is 0 Å². The van der Waals surface area contributed by atoms with Crippen LogP contribution in [0.2, 0.25) is 0 Å². The topological polar surface area (TPSA) is 60.2 Å². The largest absolute Gasteiger partial charge is 0.325 e. The van der Waals surface area contributed by atoms with E-state index < -0.39 is 0 Å². The van der Waals surface area contributed by atoms with Crippen molar-refractivity contribution < 1.29 is 0 Å². The first-order valence-electron chi connectivity index (χ1n) is 5.18. The van der Waals surface area contributed by atoms with E-state index >= 15 is 0 Å². The highest BCUT2D eigenvalue weighted by Gasteiger charge is 2.10. The van der Waals surface area contributed by atoms with Gasteiger partial charge in [-0.1, -0.05) is 6.07 Å². The fraction of sp³-hybridized carbons (Fsp3) is 0.333. The number of aliphatic imine (C=N–C) groups is 1. The maximum atomic E-state index is 8.68. The quantitative estimate of drug-likeness (QED) is 0.271. The van der Waals surface area contributed by atoms with Crippen LogP contribution >= 0.6 is 22.6 Å². The lowest BCUT2D eigenvalue weighted by molar-refractivity contribution is 0.581. The predicted octanol–water partition coefficient (Wildman–Crippen LogP) is 2.93. The van der Waals surface area contributed by atoms with Gasteiger partial charge >= 0.3 is 0 Å². The van der Waals surface area contributed by atoms with Crippen LogP contribution in [0.1, 0.15) is 20.8 Å². The van der Waals surface area contributed by atoms with Gasteiger partial charge in [0.05, 0.1) is 5.54 Å². The van der Waals surface area contributed by atoms with E-state index in [2.05, 4.69) is 38.2 Å². The van der Waals surface area contributed by atoms with Crippen molar-refractivity contribution in [2.45, 2.75) is 26.3 Å². The number of halogens is 1. The summed E-state index contributed by atoms with van der Waals surface area (Å²) in [7, 11) is 0. The number of benzene rings is 1. The van der Waals surface area contributed by atoms with Crippen LogP contribution in [0.25, 0.3) is 0 Å². The molecule has 0 bridgehead atoms. The van der Waals surface area contributed by atoms with Gasteiger partial charge in [-0.05, 0) is 61.6 Å². The van der Waals surface area contributed by atoms with Gasteiger partial charge in [0.15, 0.2) is 6.19 Å². The lowest BCUT2D eigenvalue weighted by Crippen LogP contribution is -2.30. The Bertz CT molecular complexity index is 454. The molecule has 0 aliphatic heterocycles. The average molecular weight is 342 g/mol. The minimum Gasteiger partial charge on any atom is -0.325 e. The summed E-state index contributed by atoms with van der Waals surface area (Å²) in [5.41, 5.74) is 0.663. The molecule has 0 aliphatic carbocycles. The number of nitriles is 1. The summed E-state index contributed by atoms with van der Waals surface area (Å²) in [6.45, 7) is 5.92. The van der Waals surface area contributed by atoms with Crippen LogP contribution in [0.4, 0.5) is 5.69 Å². The number of hydrogen-bond donors (Lipinski definition) is 2. The first-order chi connectivity index (χ1) is 7.90. The van der Waals surface area contributed by atoms with E-state index in [1.165, 1.54) is 0 Å². The number of rotatable bonds is 1. The molecule has 5 heteroatoms. The average Bonchev–Trinajstić information content (AvgIpc) is 2.15. The van der Waals surface area contributed by atoms with E-state index in [1.807, 2.05) is 51.2 Å². The Hall–Kier alpha value is -1.29.